The molecule has 4 heteroatoms. The summed E-state index contributed by atoms with van der Waals surface area (Å²) in [5, 5.41) is 10.4. The van der Waals surface area contributed by atoms with Gasteiger partial charge in [0.25, 0.3) is 0 Å². The number of hydrogen-bond acceptors (Lipinski definition) is 4. The predicted octanol–water partition coefficient (Wildman–Crippen LogP) is 1.84. The Balaban J connectivity index is 2.00. The maximum absolute atomic E-state index is 10.4. The van der Waals surface area contributed by atoms with Crippen molar-refractivity contribution in [1.29, 1.82) is 0 Å². The molecule has 106 valence electrons. The highest BCUT2D eigenvalue weighted by atomic mass is 16.5. The summed E-state index contributed by atoms with van der Waals surface area (Å²) in [6.07, 6.45) is 0.504. The van der Waals surface area contributed by atoms with E-state index in [1.165, 1.54) is 0 Å². The number of ether oxygens (including phenoxy) is 2. The molecule has 1 N–H and O–H groups in total. The topological polar surface area (TPSA) is 41.9 Å². The van der Waals surface area contributed by atoms with Crippen molar-refractivity contribution < 1.29 is 14.6 Å². The second-order valence-electron chi connectivity index (χ2n) is 4.94. The molecule has 1 saturated heterocycles. The lowest BCUT2D eigenvalue weighted by atomic mass is 10.1. The van der Waals surface area contributed by atoms with Crippen LogP contribution in [0.4, 0.5) is 0 Å². The first kappa shape index (κ1) is 14.3. The van der Waals surface area contributed by atoms with Crippen molar-refractivity contribution in [3.05, 3.63) is 29.8 Å². The molecular weight excluding hydrogens is 242 g/mol. The van der Waals surface area contributed by atoms with E-state index < -0.39 is 6.10 Å². The number of hydrogen-bond donors (Lipinski definition) is 1. The third-order valence-corrected chi connectivity index (χ3v) is 3.57. The maximum atomic E-state index is 10.4. The van der Waals surface area contributed by atoms with Crippen LogP contribution in [0.2, 0.25) is 0 Å². The van der Waals surface area contributed by atoms with Crippen LogP contribution in [0, 0.1) is 0 Å². The number of likely N-dealkylation sites (N-methyl/N-ethyl adjacent to an activating group) is 1. The minimum Gasteiger partial charge on any atom is -0.493 e. The Morgan fingerprint density at radius 2 is 2.26 bits per heavy atom. The summed E-state index contributed by atoms with van der Waals surface area (Å²) in [5.74, 6) is 0.772. The zero-order chi connectivity index (χ0) is 13.7. The second-order valence-corrected chi connectivity index (χ2v) is 4.94. The van der Waals surface area contributed by atoms with Crippen molar-refractivity contribution in [3.8, 4) is 5.75 Å². The van der Waals surface area contributed by atoms with E-state index in [-0.39, 0.29) is 0 Å². The summed E-state index contributed by atoms with van der Waals surface area (Å²) in [5.41, 5.74) is 0.857. The van der Waals surface area contributed by atoms with E-state index in [0.29, 0.717) is 19.2 Å². The Kier molecular flexibility index (Phi) is 5.19. The first-order valence-electron chi connectivity index (χ1n) is 6.90. The summed E-state index contributed by atoms with van der Waals surface area (Å²) >= 11 is 0. The van der Waals surface area contributed by atoms with Crippen molar-refractivity contribution >= 4 is 0 Å². The van der Waals surface area contributed by atoms with Gasteiger partial charge in [0.2, 0.25) is 0 Å². The average molecular weight is 265 g/mol. The molecule has 1 fully saturated rings. The smallest absolute Gasteiger partial charge is 0.125 e. The Morgan fingerprint density at radius 3 is 2.95 bits per heavy atom. The van der Waals surface area contributed by atoms with E-state index in [2.05, 4.69) is 4.90 Å². The van der Waals surface area contributed by atoms with E-state index in [9.17, 15) is 5.11 Å². The first-order chi connectivity index (χ1) is 9.22. The molecule has 0 spiro atoms. The van der Waals surface area contributed by atoms with Gasteiger partial charge in [-0.15, -0.1) is 0 Å². The predicted molar refractivity (Wildman–Crippen MR) is 74.4 cm³/mol. The molecule has 0 aromatic heterocycles. The van der Waals surface area contributed by atoms with Crippen LogP contribution < -0.4 is 4.74 Å². The maximum Gasteiger partial charge on any atom is 0.125 e. The molecule has 2 rings (SSSR count). The van der Waals surface area contributed by atoms with E-state index in [1.54, 1.807) is 0 Å². The van der Waals surface area contributed by atoms with Gasteiger partial charge >= 0.3 is 0 Å². The molecular formula is C15H23NO3. The lowest BCUT2D eigenvalue weighted by molar-refractivity contribution is 0.0929. The molecule has 0 radical (unpaired) electrons. The molecule has 2 atom stereocenters. The molecule has 1 aliphatic heterocycles. The van der Waals surface area contributed by atoms with Gasteiger partial charge in [-0.3, -0.25) is 4.90 Å². The largest absolute Gasteiger partial charge is 0.493 e. The van der Waals surface area contributed by atoms with Gasteiger partial charge in [-0.05, 0) is 26.5 Å². The molecule has 1 aromatic rings. The number of nitrogens with zero attached hydrogens (tertiary/aromatic N) is 1. The normalized spacial score (nSPS) is 20.7. The van der Waals surface area contributed by atoms with Crippen LogP contribution in [-0.4, -0.2) is 49.5 Å². The van der Waals surface area contributed by atoms with Crippen LogP contribution in [-0.2, 0) is 4.74 Å². The Labute approximate surface area is 114 Å². The fourth-order valence-corrected chi connectivity index (χ4v) is 2.43. The first-order valence-corrected chi connectivity index (χ1v) is 6.90. The molecule has 0 amide bonds. The highest BCUT2D eigenvalue weighted by Gasteiger charge is 2.23. The molecule has 1 aromatic carbocycles. The fourth-order valence-electron chi connectivity index (χ4n) is 2.43. The molecule has 1 aliphatic rings. The van der Waals surface area contributed by atoms with Gasteiger partial charge in [0.1, 0.15) is 5.75 Å². The van der Waals surface area contributed by atoms with E-state index in [1.807, 2.05) is 38.2 Å². The van der Waals surface area contributed by atoms with Crippen molar-refractivity contribution in [1.82, 2.24) is 4.90 Å². The summed E-state index contributed by atoms with van der Waals surface area (Å²) < 4.78 is 10.9. The van der Waals surface area contributed by atoms with E-state index >= 15 is 0 Å². The standard InChI is InChI=1S/C15H23NO3/c1-3-19-15-7-5-4-6-13(15)14(17)10-16(2)12-8-9-18-11-12/h4-7,12,14,17H,3,8-11H2,1-2H3. The van der Waals surface area contributed by atoms with Crippen LogP contribution in [0.15, 0.2) is 24.3 Å². The molecule has 4 nitrogen and oxygen atoms in total. The molecule has 19 heavy (non-hydrogen) atoms. The zero-order valence-corrected chi connectivity index (χ0v) is 11.7. The number of aliphatic hydroxyl groups excluding tert-OH is 1. The Morgan fingerprint density at radius 1 is 1.47 bits per heavy atom. The van der Waals surface area contributed by atoms with Crippen molar-refractivity contribution in [2.45, 2.75) is 25.5 Å². The zero-order valence-electron chi connectivity index (χ0n) is 11.7. The lowest BCUT2D eigenvalue weighted by Gasteiger charge is -2.26. The van der Waals surface area contributed by atoms with Crippen LogP contribution in [0.5, 0.6) is 5.75 Å². The van der Waals surface area contributed by atoms with Gasteiger partial charge < -0.3 is 14.6 Å². The number of aliphatic hydroxyl groups is 1. The van der Waals surface area contributed by atoms with Crippen LogP contribution in [0.25, 0.3) is 0 Å². The number of benzene rings is 1. The molecule has 0 saturated carbocycles. The van der Waals surface area contributed by atoms with Crippen LogP contribution >= 0.6 is 0 Å². The van der Waals surface area contributed by atoms with E-state index in [0.717, 1.165) is 30.9 Å². The van der Waals surface area contributed by atoms with Crippen LogP contribution in [0.3, 0.4) is 0 Å². The number of para-hydroxylation sites is 1. The lowest BCUT2D eigenvalue weighted by Crippen LogP contribution is -2.35. The number of rotatable bonds is 6. The Bertz CT molecular complexity index is 391. The minimum atomic E-state index is -0.534. The highest BCUT2D eigenvalue weighted by Crippen LogP contribution is 2.26. The van der Waals surface area contributed by atoms with Crippen LogP contribution in [0.1, 0.15) is 25.0 Å². The minimum absolute atomic E-state index is 0.411. The van der Waals surface area contributed by atoms with Gasteiger partial charge in [-0.2, -0.15) is 0 Å². The summed E-state index contributed by atoms with van der Waals surface area (Å²) in [7, 11) is 2.03. The quantitative estimate of drug-likeness (QED) is 0.852. The SMILES string of the molecule is CCOc1ccccc1C(O)CN(C)C1CCOC1. The third kappa shape index (κ3) is 3.69. The highest BCUT2D eigenvalue weighted by molar-refractivity contribution is 5.35. The average Bonchev–Trinajstić information content (AvgIpc) is 2.93. The van der Waals surface area contributed by atoms with Gasteiger partial charge in [-0.25, -0.2) is 0 Å². The van der Waals surface area contributed by atoms with Gasteiger partial charge in [0, 0.05) is 24.8 Å². The molecule has 0 aliphatic carbocycles. The molecule has 2 unspecified atom stereocenters. The third-order valence-electron chi connectivity index (χ3n) is 3.57. The Hall–Kier alpha value is -1.10. The van der Waals surface area contributed by atoms with Crippen molar-refractivity contribution in [2.75, 3.05) is 33.4 Å². The van der Waals surface area contributed by atoms with Crippen molar-refractivity contribution in [2.24, 2.45) is 0 Å². The summed E-state index contributed by atoms with van der Waals surface area (Å²) in [6.45, 7) is 4.73. The molecule has 1 heterocycles. The summed E-state index contributed by atoms with van der Waals surface area (Å²) in [6, 6.07) is 8.10. The van der Waals surface area contributed by atoms with E-state index in [4.69, 9.17) is 9.47 Å². The monoisotopic (exact) mass is 265 g/mol. The molecule has 0 bridgehead atoms. The van der Waals surface area contributed by atoms with Gasteiger partial charge in [0.05, 0.1) is 19.3 Å². The van der Waals surface area contributed by atoms with Gasteiger partial charge in [0.15, 0.2) is 0 Å². The van der Waals surface area contributed by atoms with Crippen molar-refractivity contribution in [3.63, 3.8) is 0 Å². The van der Waals surface area contributed by atoms with Gasteiger partial charge in [-0.1, -0.05) is 18.2 Å². The fraction of sp³-hybridized carbons (Fsp3) is 0.600. The second kappa shape index (κ2) is 6.89. The summed E-state index contributed by atoms with van der Waals surface area (Å²) in [4.78, 5) is 2.17.